The maximum Gasteiger partial charge on any atom is 0.244 e. The third-order valence-corrected chi connectivity index (χ3v) is 5.91. The highest BCUT2D eigenvalue weighted by atomic mass is 32.2. The van der Waals surface area contributed by atoms with Crippen LogP contribution in [0.2, 0.25) is 0 Å². The standard InChI is InChI=1S/C14H24N4O2S/c1-2-4-12-5-3-9-18(10-8-12)21(19,20)13-6-7-14(17-15)16-11-13/h6-7,11-12H,2-5,8-10,15H2,1H3,(H,16,17). The predicted octanol–water partition coefficient (Wildman–Crippen LogP) is 1.96. The van der Waals surface area contributed by atoms with Crippen molar-refractivity contribution in [1.82, 2.24) is 9.29 Å². The molecule has 1 saturated heterocycles. The second-order valence-electron chi connectivity index (χ2n) is 5.51. The molecule has 0 amide bonds. The highest BCUT2D eigenvalue weighted by Crippen LogP contribution is 2.25. The number of nitrogens with two attached hydrogens (primary N) is 1. The van der Waals surface area contributed by atoms with Crippen LogP contribution in [0.3, 0.4) is 0 Å². The van der Waals surface area contributed by atoms with Crippen LogP contribution >= 0.6 is 0 Å². The Morgan fingerprint density at radius 1 is 1.38 bits per heavy atom. The van der Waals surface area contributed by atoms with Crippen molar-refractivity contribution in [3.8, 4) is 0 Å². The number of rotatable bonds is 5. The van der Waals surface area contributed by atoms with E-state index in [1.807, 2.05) is 0 Å². The summed E-state index contributed by atoms with van der Waals surface area (Å²) in [7, 11) is -3.45. The zero-order valence-corrected chi connectivity index (χ0v) is 13.3. The molecule has 0 aliphatic carbocycles. The summed E-state index contributed by atoms with van der Waals surface area (Å²) in [6.07, 6.45) is 6.71. The number of hydrogen-bond acceptors (Lipinski definition) is 5. The molecule has 2 heterocycles. The van der Waals surface area contributed by atoms with Gasteiger partial charge in [0, 0.05) is 19.3 Å². The van der Waals surface area contributed by atoms with E-state index in [4.69, 9.17) is 5.84 Å². The van der Waals surface area contributed by atoms with Gasteiger partial charge in [0.05, 0.1) is 0 Å². The maximum absolute atomic E-state index is 12.6. The molecule has 1 aliphatic heterocycles. The molecule has 1 aromatic heterocycles. The van der Waals surface area contributed by atoms with Gasteiger partial charge in [-0.05, 0) is 37.3 Å². The van der Waals surface area contributed by atoms with E-state index in [-0.39, 0.29) is 4.90 Å². The number of nitrogens with one attached hydrogen (secondary N) is 1. The molecular formula is C14H24N4O2S. The van der Waals surface area contributed by atoms with Crippen molar-refractivity contribution < 1.29 is 8.42 Å². The summed E-state index contributed by atoms with van der Waals surface area (Å²) < 4.78 is 26.9. The van der Waals surface area contributed by atoms with Gasteiger partial charge in [0.25, 0.3) is 0 Å². The molecular weight excluding hydrogens is 288 g/mol. The first-order valence-corrected chi connectivity index (χ1v) is 8.94. The van der Waals surface area contributed by atoms with Crippen molar-refractivity contribution in [2.45, 2.75) is 43.9 Å². The lowest BCUT2D eigenvalue weighted by Crippen LogP contribution is -2.32. The van der Waals surface area contributed by atoms with Crippen LogP contribution in [0.15, 0.2) is 23.2 Å². The summed E-state index contributed by atoms with van der Waals surface area (Å²) >= 11 is 0. The molecule has 3 N–H and O–H groups in total. The van der Waals surface area contributed by atoms with E-state index in [1.165, 1.54) is 12.6 Å². The topological polar surface area (TPSA) is 88.3 Å². The number of anilines is 1. The monoisotopic (exact) mass is 312 g/mol. The van der Waals surface area contributed by atoms with Crippen molar-refractivity contribution in [2.75, 3.05) is 18.5 Å². The minimum atomic E-state index is -3.45. The molecule has 7 heteroatoms. The Kier molecular flexibility index (Phi) is 5.55. The van der Waals surface area contributed by atoms with Crippen LogP contribution in [0.5, 0.6) is 0 Å². The van der Waals surface area contributed by atoms with E-state index in [0.29, 0.717) is 24.8 Å². The van der Waals surface area contributed by atoms with Gasteiger partial charge in [-0.15, -0.1) is 0 Å². The molecule has 0 saturated carbocycles. The summed E-state index contributed by atoms with van der Waals surface area (Å²) in [6, 6.07) is 3.12. The molecule has 1 atom stereocenters. The van der Waals surface area contributed by atoms with Gasteiger partial charge in [0.1, 0.15) is 10.7 Å². The fraction of sp³-hybridized carbons (Fsp3) is 0.643. The van der Waals surface area contributed by atoms with Crippen molar-refractivity contribution in [3.05, 3.63) is 18.3 Å². The molecule has 0 aromatic carbocycles. The first-order chi connectivity index (χ1) is 10.1. The Labute approximate surface area is 126 Å². The Hall–Kier alpha value is -1.18. The molecule has 1 aliphatic rings. The Morgan fingerprint density at radius 3 is 2.81 bits per heavy atom. The normalized spacial score (nSPS) is 21.0. The molecule has 1 fully saturated rings. The van der Waals surface area contributed by atoms with E-state index < -0.39 is 10.0 Å². The van der Waals surface area contributed by atoms with Crippen LogP contribution in [0.25, 0.3) is 0 Å². The lowest BCUT2D eigenvalue weighted by molar-refractivity contribution is 0.400. The zero-order chi connectivity index (χ0) is 15.3. The van der Waals surface area contributed by atoms with Gasteiger partial charge in [-0.1, -0.05) is 19.8 Å². The van der Waals surface area contributed by atoms with E-state index in [9.17, 15) is 8.42 Å². The molecule has 6 nitrogen and oxygen atoms in total. The second-order valence-corrected chi connectivity index (χ2v) is 7.45. The number of pyridine rings is 1. The smallest absolute Gasteiger partial charge is 0.244 e. The van der Waals surface area contributed by atoms with Crippen LogP contribution in [0, 0.1) is 5.92 Å². The Bertz CT molecular complexity index is 545. The number of hydrazine groups is 1. The fourth-order valence-electron chi connectivity index (χ4n) is 2.84. The van der Waals surface area contributed by atoms with Crippen molar-refractivity contribution in [2.24, 2.45) is 11.8 Å². The predicted molar refractivity (Wildman–Crippen MR) is 83.1 cm³/mol. The minimum Gasteiger partial charge on any atom is -0.308 e. The quantitative estimate of drug-likeness (QED) is 0.641. The highest BCUT2D eigenvalue weighted by Gasteiger charge is 2.27. The minimum absolute atomic E-state index is 0.232. The third-order valence-electron chi connectivity index (χ3n) is 4.03. The van der Waals surface area contributed by atoms with E-state index in [1.54, 1.807) is 16.4 Å². The zero-order valence-electron chi connectivity index (χ0n) is 12.5. The fourth-order valence-corrected chi connectivity index (χ4v) is 4.28. The first-order valence-electron chi connectivity index (χ1n) is 7.50. The summed E-state index contributed by atoms with van der Waals surface area (Å²) in [5.41, 5.74) is 2.40. The van der Waals surface area contributed by atoms with Gasteiger partial charge in [-0.25, -0.2) is 19.2 Å². The molecule has 0 radical (unpaired) electrons. The summed E-state index contributed by atoms with van der Waals surface area (Å²) in [5, 5.41) is 0. The SMILES string of the molecule is CCCC1CCCN(S(=O)(=O)c2ccc(NN)nc2)CC1. The summed E-state index contributed by atoms with van der Waals surface area (Å²) in [6.45, 7) is 3.38. The highest BCUT2D eigenvalue weighted by molar-refractivity contribution is 7.89. The molecule has 1 aromatic rings. The Morgan fingerprint density at radius 2 is 2.19 bits per heavy atom. The number of hydrogen-bond donors (Lipinski definition) is 2. The van der Waals surface area contributed by atoms with Crippen LogP contribution < -0.4 is 11.3 Å². The lowest BCUT2D eigenvalue weighted by atomic mass is 9.96. The van der Waals surface area contributed by atoms with Crippen molar-refractivity contribution >= 4 is 15.8 Å². The van der Waals surface area contributed by atoms with Gasteiger partial charge in [0.2, 0.25) is 10.0 Å². The van der Waals surface area contributed by atoms with Gasteiger partial charge in [-0.3, -0.25) is 0 Å². The molecule has 118 valence electrons. The lowest BCUT2D eigenvalue weighted by Gasteiger charge is -2.20. The molecule has 1 unspecified atom stereocenters. The molecule has 0 bridgehead atoms. The largest absolute Gasteiger partial charge is 0.308 e. The summed E-state index contributed by atoms with van der Waals surface area (Å²) in [5.74, 6) is 6.35. The van der Waals surface area contributed by atoms with Crippen LogP contribution in [-0.2, 0) is 10.0 Å². The molecule has 2 rings (SSSR count). The van der Waals surface area contributed by atoms with Gasteiger partial charge >= 0.3 is 0 Å². The van der Waals surface area contributed by atoms with Gasteiger partial charge in [0.15, 0.2) is 0 Å². The maximum atomic E-state index is 12.6. The molecule has 0 spiro atoms. The van der Waals surface area contributed by atoms with Crippen LogP contribution in [-0.4, -0.2) is 30.8 Å². The van der Waals surface area contributed by atoms with Crippen molar-refractivity contribution in [1.29, 1.82) is 0 Å². The van der Waals surface area contributed by atoms with Gasteiger partial charge in [-0.2, -0.15) is 4.31 Å². The van der Waals surface area contributed by atoms with Crippen LogP contribution in [0.4, 0.5) is 5.82 Å². The third kappa shape index (κ3) is 3.93. The second kappa shape index (κ2) is 7.20. The Balaban J connectivity index is 2.11. The van der Waals surface area contributed by atoms with Crippen molar-refractivity contribution in [3.63, 3.8) is 0 Å². The number of sulfonamides is 1. The van der Waals surface area contributed by atoms with Gasteiger partial charge < -0.3 is 5.43 Å². The first kappa shape index (κ1) is 16.2. The molecule has 21 heavy (non-hydrogen) atoms. The summed E-state index contributed by atoms with van der Waals surface area (Å²) in [4.78, 5) is 4.22. The number of aromatic nitrogens is 1. The average Bonchev–Trinajstić information content (AvgIpc) is 2.74. The van der Waals surface area contributed by atoms with E-state index in [2.05, 4.69) is 17.3 Å². The van der Waals surface area contributed by atoms with Crippen LogP contribution in [0.1, 0.15) is 39.0 Å². The van der Waals surface area contributed by atoms with E-state index >= 15 is 0 Å². The number of nitrogens with zero attached hydrogens (tertiary/aromatic N) is 2. The van der Waals surface area contributed by atoms with E-state index in [0.717, 1.165) is 25.7 Å². The number of nitrogen functional groups attached to an aromatic ring is 1. The average molecular weight is 312 g/mol.